The summed E-state index contributed by atoms with van der Waals surface area (Å²) in [5, 5.41) is 5.26. The van der Waals surface area contributed by atoms with Crippen LogP contribution in [0.4, 0.5) is 0 Å². The summed E-state index contributed by atoms with van der Waals surface area (Å²) in [5.41, 5.74) is 5.24. The van der Waals surface area contributed by atoms with Crippen molar-refractivity contribution >= 4 is 21.5 Å². The van der Waals surface area contributed by atoms with E-state index >= 15 is 0 Å². The first-order valence-electron chi connectivity index (χ1n) is 7.71. The predicted octanol–water partition coefficient (Wildman–Crippen LogP) is 6.28. The van der Waals surface area contributed by atoms with Gasteiger partial charge in [-0.05, 0) is 46.5 Å². The van der Waals surface area contributed by atoms with Crippen molar-refractivity contribution in [2.45, 2.75) is 13.8 Å². The van der Waals surface area contributed by atoms with Crippen molar-refractivity contribution in [2.75, 3.05) is 0 Å². The Morgan fingerprint density at radius 1 is 0.500 bits per heavy atom. The molecule has 0 spiro atoms. The summed E-state index contributed by atoms with van der Waals surface area (Å²) in [6.07, 6.45) is 0. The number of aryl methyl sites for hydroxylation is 2. The second kappa shape index (κ2) is 4.99. The van der Waals surface area contributed by atoms with Gasteiger partial charge in [-0.3, -0.25) is 0 Å². The molecule has 106 valence electrons. The van der Waals surface area contributed by atoms with Gasteiger partial charge in [0.25, 0.3) is 0 Å². The van der Waals surface area contributed by atoms with Crippen molar-refractivity contribution < 1.29 is 0 Å². The first-order chi connectivity index (χ1) is 10.7. The van der Waals surface area contributed by atoms with Crippen LogP contribution in [-0.2, 0) is 0 Å². The molecule has 0 radical (unpaired) electrons. The van der Waals surface area contributed by atoms with Crippen LogP contribution in [0.5, 0.6) is 0 Å². The Morgan fingerprint density at radius 3 is 1.41 bits per heavy atom. The Kier molecular flexibility index (Phi) is 2.97. The van der Waals surface area contributed by atoms with E-state index < -0.39 is 0 Å². The van der Waals surface area contributed by atoms with Crippen LogP contribution in [0.25, 0.3) is 32.7 Å². The maximum Gasteiger partial charge on any atom is -0.00991 e. The highest BCUT2D eigenvalue weighted by Crippen LogP contribution is 2.34. The molecule has 4 aromatic rings. The van der Waals surface area contributed by atoms with Crippen molar-refractivity contribution in [3.05, 3.63) is 83.9 Å². The Hall–Kier alpha value is -2.60. The second-order valence-corrected chi connectivity index (χ2v) is 6.06. The highest BCUT2D eigenvalue weighted by Gasteiger charge is 2.08. The molecule has 0 aliphatic rings. The van der Waals surface area contributed by atoms with E-state index in [4.69, 9.17) is 0 Å². The summed E-state index contributed by atoms with van der Waals surface area (Å²) in [5.74, 6) is 0. The zero-order valence-corrected chi connectivity index (χ0v) is 12.9. The number of hydrogen-bond acceptors (Lipinski definition) is 0. The van der Waals surface area contributed by atoms with Gasteiger partial charge in [0.05, 0.1) is 0 Å². The molecule has 0 unspecified atom stereocenters. The van der Waals surface area contributed by atoms with E-state index in [9.17, 15) is 0 Å². The molecule has 0 saturated heterocycles. The molecular formula is C22H18. The van der Waals surface area contributed by atoms with Gasteiger partial charge >= 0.3 is 0 Å². The van der Waals surface area contributed by atoms with Crippen molar-refractivity contribution in [3.8, 4) is 11.1 Å². The van der Waals surface area contributed by atoms with Gasteiger partial charge in [-0.25, -0.2) is 0 Å². The quantitative estimate of drug-likeness (QED) is 0.385. The van der Waals surface area contributed by atoms with Gasteiger partial charge in [0.2, 0.25) is 0 Å². The monoisotopic (exact) mass is 282 g/mol. The maximum atomic E-state index is 2.29. The van der Waals surface area contributed by atoms with E-state index in [0.717, 1.165) is 0 Å². The van der Waals surface area contributed by atoms with Crippen molar-refractivity contribution in [1.29, 1.82) is 0 Å². The summed E-state index contributed by atoms with van der Waals surface area (Å²) in [6.45, 7) is 4.31. The minimum absolute atomic E-state index is 1.30. The first kappa shape index (κ1) is 13.1. The van der Waals surface area contributed by atoms with Crippen LogP contribution in [-0.4, -0.2) is 0 Å². The predicted molar refractivity (Wildman–Crippen MR) is 96.4 cm³/mol. The van der Waals surface area contributed by atoms with Gasteiger partial charge in [-0.15, -0.1) is 0 Å². The van der Waals surface area contributed by atoms with Gasteiger partial charge in [0, 0.05) is 0 Å². The molecule has 0 nitrogen and oxygen atoms in total. The largest absolute Gasteiger partial charge is 0.0610 e. The van der Waals surface area contributed by atoms with Crippen LogP contribution in [0.15, 0.2) is 72.8 Å². The van der Waals surface area contributed by atoms with E-state index in [2.05, 4.69) is 86.6 Å². The third-order valence-electron chi connectivity index (χ3n) is 4.37. The van der Waals surface area contributed by atoms with Crippen molar-refractivity contribution in [1.82, 2.24) is 0 Å². The average molecular weight is 282 g/mol. The summed E-state index contributed by atoms with van der Waals surface area (Å²) >= 11 is 0. The highest BCUT2D eigenvalue weighted by atomic mass is 14.1. The fourth-order valence-electron chi connectivity index (χ4n) is 3.24. The van der Waals surface area contributed by atoms with Gasteiger partial charge in [-0.1, -0.05) is 83.9 Å². The number of hydrogen-bond donors (Lipinski definition) is 0. The van der Waals surface area contributed by atoms with E-state index in [1.807, 2.05) is 0 Å². The number of fused-ring (bicyclic) bond motifs is 2. The van der Waals surface area contributed by atoms with Crippen molar-refractivity contribution in [2.24, 2.45) is 0 Å². The first-order valence-corrected chi connectivity index (χ1v) is 7.71. The Morgan fingerprint density at radius 2 is 0.955 bits per heavy atom. The SMILES string of the molecule is Cc1ccc2cccc(-c3cccc4ccc(C)cc34)c2c1. The fourth-order valence-corrected chi connectivity index (χ4v) is 3.24. The molecular weight excluding hydrogens is 264 g/mol. The molecule has 0 saturated carbocycles. The smallest absolute Gasteiger partial charge is 0.00991 e. The molecule has 0 heterocycles. The van der Waals surface area contributed by atoms with Gasteiger partial charge in [0.1, 0.15) is 0 Å². The summed E-state index contributed by atoms with van der Waals surface area (Å²) in [4.78, 5) is 0. The number of rotatable bonds is 1. The van der Waals surface area contributed by atoms with E-state index in [0.29, 0.717) is 0 Å². The van der Waals surface area contributed by atoms with Crippen LogP contribution in [0, 0.1) is 13.8 Å². The minimum atomic E-state index is 1.30. The third kappa shape index (κ3) is 2.08. The summed E-state index contributed by atoms with van der Waals surface area (Å²) < 4.78 is 0. The molecule has 4 rings (SSSR count). The van der Waals surface area contributed by atoms with Gasteiger partial charge in [-0.2, -0.15) is 0 Å². The second-order valence-electron chi connectivity index (χ2n) is 6.06. The summed E-state index contributed by atoms with van der Waals surface area (Å²) in [7, 11) is 0. The van der Waals surface area contributed by atoms with Crippen LogP contribution < -0.4 is 0 Å². The summed E-state index contributed by atoms with van der Waals surface area (Å²) in [6, 6.07) is 26.5. The standard InChI is InChI=1S/C22H18/c1-15-9-11-17-5-3-7-19(21(17)13-15)20-8-4-6-18-12-10-16(2)14-22(18)20/h3-14H,1-2H3. The van der Waals surface area contributed by atoms with Gasteiger partial charge in [0.15, 0.2) is 0 Å². The molecule has 0 fully saturated rings. The normalized spacial score (nSPS) is 11.2. The molecule has 0 amide bonds. The number of benzene rings is 4. The lowest BCUT2D eigenvalue weighted by Gasteiger charge is -2.11. The molecule has 0 aliphatic heterocycles. The van der Waals surface area contributed by atoms with Crippen LogP contribution >= 0.6 is 0 Å². The molecule has 0 aromatic heterocycles. The van der Waals surface area contributed by atoms with Gasteiger partial charge < -0.3 is 0 Å². The lowest BCUT2D eigenvalue weighted by Crippen LogP contribution is -1.85. The van der Waals surface area contributed by atoms with E-state index in [1.165, 1.54) is 43.8 Å². The van der Waals surface area contributed by atoms with Crippen LogP contribution in [0.3, 0.4) is 0 Å². The molecule has 0 heteroatoms. The van der Waals surface area contributed by atoms with E-state index in [-0.39, 0.29) is 0 Å². The highest BCUT2D eigenvalue weighted by molar-refractivity contribution is 6.05. The Bertz CT molecular complexity index is 910. The lowest BCUT2D eigenvalue weighted by atomic mass is 9.93. The molecule has 4 aromatic carbocycles. The minimum Gasteiger partial charge on any atom is -0.0610 e. The Labute approximate surface area is 131 Å². The molecule has 0 N–H and O–H groups in total. The third-order valence-corrected chi connectivity index (χ3v) is 4.37. The van der Waals surface area contributed by atoms with E-state index in [1.54, 1.807) is 0 Å². The van der Waals surface area contributed by atoms with Crippen LogP contribution in [0.1, 0.15) is 11.1 Å². The molecule has 22 heavy (non-hydrogen) atoms. The van der Waals surface area contributed by atoms with Crippen LogP contribution in [0.2, 0.25) is 0 Å². The zero-order valence-electron chi connectivity index (χ0n) is 12.9. The van der Waals surface area contributed by atoms with Crippen molar-refractivity contribution in [3.63, 3.8) is 0 Å². The molecule has 0 bridgehead atoms. The zero-order chi connectivity index (χ0) is 15.1. The molecule has 0 aliphatic carbocycles. The Balaban J connectivity index is 2.11. The topological polar surface area (TPSA) is 0 Å². The fraction of sp³-hybridized carbons (Fsp3) is 0.0909. The maximum absolute atomic E-state index is 2.29. The molecule has 0 atom stereocenters. The lowest BCUT2D eigenvalue weighted by molar-refractivity contribution is 1.50. The average Bonchev–Trinajstić information content (AvgIpc) is 2.54.